The van der Waals surface area contributed by atoms with E-state index in [1.807, 2.05) is 20.8 Å². The van der Waals surface area contributed by atoms with E-state index >= 15 is 0 Å². The highest BCUT2D eigenvalue weighted by atomic mass is 19.4. The average molecular weight is 399 g/mol. The fourth-order valence-electron chi connectivity index (χ4n) is 2.41. The SMILES string of the molecule is CC(C)(C)Cn1c(=O)cc(C(=O)NCc2ccccc2OC(F)(F)F)[nH]c1=O. The van der Waals surface area contributed by atoms with Crippen molar-refractivity contribution in [2.24, 2.45) is 5.41 Å². The first-order chi connectivity index (χ1) is 12.9. The molecule has 2 rings (SSSR count). The molecule has 0 aliphatic rings. The predicted molar refractivity (Wildman–Crippen MR) is 95.1 cm³/mol. The fourth-order valence-corrected chi connectivity index (χ4v) is 2.41. The van der Waals surface area contributed by atoms with Crippen LogP contribution in [0, 0.1) is 5.41 Å². The highest BCUT2D eigenvalue weighted by Gasteiger charge is 2.32. The average Bonchev–Trinajstić information content (AvgIpc) is 2.54. The number of carbonyl (C=O) groups excluding carboxylic acids is 1. The molecule has 0 spiro atoms. The maximum atomic E-state index is 12.4. The van der Waals surface area contributed by atoms with Gasteiger partial charge in [0.05, 0.1) is 0 Å². The number of alkyl halides is 3. The van der Waals surface area contributed by atoms with Crippen LogP contribution in [0.1, 0.15) is 36.8 Å². The molecule has 0 radical (unpaired) electrons. The van der Waals surface area contributed by atoms with Crippen molar-refractivity contribution in [3.8, 4) is 5.75 Å². The van der Waals surface area contributed by atoms with Crippen molar-refractivity contribution in [1.29, 1.82) is 0 Å². The molecule has 0 aliphatic carbocycles. The van der Waals surface area contributed by atoms with E-state index in [0.717, 1.165) is 16.7 Å². The summed E-state index contributed by atoms with van der Waals surface area (Å²) < 4.78 is 42.2. The Morgan fingerprint density at radius 1 is 1.18 bits per heavy atom. The maximum absolute atomic E-state index is 12.4. The van der Waals surface area contributed by atoms with Gasteiger partial charge in [0, 0.05) is 24.7 Å². The van der Waals surface area contributed by atoms with E-state index < -0.39 is 29.3 Å². The lowest BCUT2D eigenvalue weighted by Gasteiger charge is -2.18. The van der Waals surface area contributed by atoms with Gasteiger partial charge in [0.2, 0.25) is 0 Å². The Bertz CT molecular complexity index is 940. The molecule has 152 valence electrons. The standard InChI is InChI=1S/C18H20F3N3O4/c1-17(2,3)10-24-14(25)8-12(23-16(24)27)15(26)22-9-11-6-4-5-7-13(11)28-18(19,20)21/h4-8H,9-10H2,1-3H3,(H,22,26)(H,23,27). The molecule has 7 nitrogen and oxygen atoms in total. The number of hydrogen-bond donors (Lipinski definition) is 2. The summed E-state index contributed by atoms with van der Waals surface area (Å²) in [4.78, 5) is 38.8. The van der Waals surface area contributed by atoms with Crippen LogP contribution >= 0.6 is 0 Å². The van der Waals surface area contributed by atoms with Gasteiger partial charge in [-0.25, -0.2) is 4.79 Å². The molecule has 1 amide bonds. The molecular weight excluding hydrogens is 379 g/mol. The van der Waals surface area contributed by atoms with Gasteiger partial charge in [0.25, 0.3) is 11.5 Å². The van der Waals surface area contributed by atoms with Gasteiger partial charge in [-0.1, -0.05) is 39.0 Å². The van der Waals surface area contributed by atoms with Crippen LogP contribution < -0.4 is 21.3 Å². The number of aromatic nitrogens is 2. The van der Waals surface area contributed by atoms with E-state index in [1.54, 1.807) is 0 Å². The van der Waals surface area contributed by atoms with Gasteiger partial charge in [-0.3, -0.25) is 14.2 Å². The van der Waals surface area contributed by atoms with Crippen LogP contribution in [0.25, 0.3) is 0 Å². The highest BCUT2D eigenvalue weighted by molar-refractivity contribution is 5.92. The summed E-state index contributed by atoms with van der Waals surface area (Å²) in [5, 5.41) is 2.36. The minimum atomic E-state index is -4.87. The molecule has 0 bridgehead atoms. The highest BCUT2D eigenvalue weighted by Crippen LogP contribution is 2.26. The number of aromatic amines is 1. The van der Waals surface area contributed by atoms with Crippen LogP contribution in [0.5, 0.6) is 5.75 Å². The molecule has 0 saturated carbocycles. The predicted octanol–water partition coefficient (Wildman–Crippen LogP) is 2.41. The van der Waals surface area contributed by atoms with E-state index in [9.17, 15) is 27.6 Å². The molecule has 0 atom stereocenters. The Labute approximate surface area is 158 Å². The fraction of sp³-hybridized carbons (Fsp3) is 0.389. The third-order valence-corrected chi connectivity index (χ3v) is 3.54. The van der Waals surface area contributed by atoms with Crippen LogP contribution in [0.3, 0.4) is 0 Å². The van der Waals surface area contributed by atoms with Crippen molar-refractivity contribution >= 4 is 5.91 Å². The van der Waals surface area contributed by atoms with Crippen molar-refractivity contribution < 1.29 is 22.7 Å². The molecule has 0 saturated heterocycles. The largest absolute Gasteiger partial charge is 0.573 e. The summed E-state index contributed by atoms with van der Waals surface area (Å²) in [7, 11) is 0. The summed E-state index contributed by atoms with van der Waals surface area (Å²) in [6.45, 7) is 5.41. The molecule has 1 aromatic heterocycles. The second-order valence-electron chi connectivity index (χ2n) is 7.31. The second-order valence-corrected chi connectivity index (χ2v) is 7.31. The molecular formula is C18H20F3N3O4. The van der Waals surface area contributed by atoms with Crippen molar-refractivity contribution in [3.05, 3.63) is 62.4 Å². The molecule has 0 aliphatic heterocycles. The number of nitrogens with zero attached hydrogens (tertiary/aromatic N) is 1. The molecule has 10 heteroatoms. The Morgan fingerprint density at radius 3 is 2.39 bits per heavy atom. The first-order valence-electron chi connectivity index (χ1n) is 8.32. The lowest BCUT2D eigenvalue weighted by atomic mass is 9.97. The first kappa shape index (κ1) is 21.3. The molecule has 1 aromatic carbocycles. The van der Waals surface area contributed by atoms with Gasteiger partial charge in [-0.15, -0.1) is 13.2 Å². The van der Waals surface area contributed by atoms with Crippen molar-refractivity contribution in [1.82, 2.24) is 14.9 Å². The molecule has 2 aromatic rings. The van der Waals surface area contributed by atoms with Gasteiger partial charge in [0.1, 0.15) is 11.4 Å². The number of H-pyrrole nitrogens is 1. The summed E-state index contributed by atoms with van der Waals surface area (Å²) in [6.07, 6.45) is -4.87. The summed E-state index contributed by atoms with van der Waals surface area (Å²) in [5.41, 5.74) is -1.92. The zero-order valence-electron chi connectivity index (χ0n) is 15.5. The van der Waals surface area contributed by atoms with Crippen molar-refractivity contribution in [3.63, 3.8) is 0 Å². The van der Waals surface area contributed by atoms with Crippen LogP contribution in [0.15, 0.2) is 39.9 Å². The number of amides is 1. The zero-order valence-corrected chi connectivity index (χ0v) is 15.5. The third kappa shape index (κ3) is 6.00. The number of nitrogens with one attached hydrogen (secondary N) is 2. The maximum Gasteiger partial charge on any atom is 0.573 e. The number of ether oxygens (including phenoxy) is 1. The first-order valence-corrected chi connectivity index (χ1v) is 8.32. The Kier molecular flexibility index (Phi) is 6.01. The number of para-hydroxylation sites is 1. The van der Waals surface area contributed by atoms with Crippen molar-refractivity contribution in [2.45, 2.75) is 40.2 Å². The van der Waals surface area contributed by atoms with Gasteiger partial charge in [-0.2, -0.15) is 0 Å². The quantitative estimate of drug-likeness (QED) is 0.808. The van der Waals surface area contributed by atoms with Gasteiger partial charge in [-0.05, 0) is 11.5 Å². The van der Waals surface area contributed by atoms with Crippen LogP contribution in [0.4, 0.5) is 13.2 Å². The van der Waals surface area contributed by atoms with Crippen LogP contribution in [-0.2, 0) is 13.1 Å². The molecule has 0 fully saturated rings. The Hall–Kier alpha value is -3.04. The number of hydrogen-bond acceptors (Lipinski definition) is 4. The smallest absolute Gasteiger partial charge is 0.405 e. The van der Waals surface area contributed by atoms with Crippen LogP contribution in [-0.4, -0.2) is 21.8 Å². The molecule has 2 N–H and O–H groups in total. The number of halogens is 3. The second kappa shape index (κ2) is 7.91. The minimum absolute atomic E-state index is 0.0802. The lowest BCUT2D eigenvalue weighted by Crippen LogP contribution is -2.40. The lowest BCUT2D eigenvalue weighted by molar-refractivity contribution is -0.274. The van der Waals surface area contributed by atoms with Gasteiger partial charge in [0.15, 0.2) is 0 Å². The van der Waals surface area contributed by atoms with E-state index in [0.29, 0.717) is 0 Å². The summed E-state index contributed by atoms with van der Waals surface area (Å²) >= 11 is 0. The summed E-state index contributed by atoms with van der Waals surface area (Å²) in [6, 6.07) is 6.29. The van der Waals surface area contributed by atoms with E-state index in [-0.39, 0.29) is 29.8 Å². The number of rotatable bonds is 5. The Morgan fingerprint density at radius 2 is 1.82 bits per heavy atom. The zero-order chi connectivity index (χ0) is 21.1. The van der Waals surface area contributed by atoms with Gasteiger partial charge < -0.3 is 15.0 Å². The number of benzene rings is 1. The molecule has 28 heavy (non-hydrogen) atoms. The molecule has 0 unspecified atom stereocenters. The van der Waals surface area contributed by atoms with E-state index in [4.69, 9.17) is 0 Å². The molecule has 1 heterocycles. The van der Waals surface area contributed by atoms with Crippen LogP contribution in [0.2, 0.25) is 0 Å². The van der Waals surface area contributed by atoms with E-state index in [2.05, 4.69) is 15.0 Å². The third-order valence-electron chi connectivity index (χ3n) is 3.54. The topological polar surface area (TPSA) is 93.2 Å². The van der Waals surface area contributed by atoms with E-state index in [1.165, 1.54) is 18.2 Å². The summed E-state index contributed by atoms with van der Waals surface area (Å²) in [5.74, 6) is -1.26. The Balaban J connectivity index is 2.17. The minimum Gasteiger partial charge on any atom is -0.405 e. The van der Waals surface area contributed by atoms with Gasteiger partial charge >= 0.3 is 12.1 Å². The monoisotopic (exact) mass is 399 g/mol. The van der Waals surface area contributed by atoms with Crippen molar-refractivity contribution in [2.75, 3.05) is 0 Å². The number of carbonyl (C=O) groups is 1. The normalized spacial score (nSPS) is 11.9.